The number of nitrogens with one attached hydrogen (secondary N) is 1. The summed E-state index contributed by atoms with van der Waals surface area (Å²) in [5, 5.41) is 17.8. The summed E-state index contributed by atoms with van der Waals surface area (Å²) in [6.07, 6.45) is 5.38. The Kier molecular flexibility index (Phi) is 4.67. The van der Waals surface area contributed by atoms with Crippen LogP contribution in [0.2, 0.25) is 0 Å². The monoisotopic (exact) mass is 432 g/mol. The van der Waals surface area contributed by atoms with Crippen LogP contribution in [0.3, 0.4) is 0 Å². The average molecular weight is 432 g/mol. The minimum Gasteiger partial charge on any atom is -0.373 e. The number of aromatic nitrogens is 6. The third-order valence-corrected chi connectivity index (χ3v) is 5.30. The van der Waals surface area contributed by atoms with Crippen molar-refractivity contribution in [3.05, 3.63) is 54.8 Å². The molecule has 11 heteroatoms. The van der Waals surface area contributed by atoms with Gasteiger partial charge in [0, 0.05) is 45.5 Å². The van der Waals surface area contributed by atoms with Gasteiger partial charge < -0.3 is 24.4 Å². The zero-order valence-corrected chi connectivity index (χ0v) is 17.4. The first-order valence-corrected chi connectivity index (χ1v) is 9.93. The lowest BCUT2D eigenvalue weighted by molar-refractivity contribution is -0.144. The number of nitrogens with zero attached hydrogens (tertiary/aromatic N) is 7. The van der Waals surface area contributed by atoms with Crippen LogP contribution < -0.4 is 5.32 Å². The normalized spacial score (nSPS) is 18.3. The second-order valence-electron chi connectivity index (χ2n) is 7.64. The van der Waals surface area contributed by atoms with Gasteiger partial charge in [0.2, 0.25) is 11.5 Å². The van der Waals surface area contributed by atoms with Crippen LogP contribution in [0.5, 0.6) is 0 Å². The van der Waals surface area contributed by atoms with Gasteiger partial charge in [-0.1, -0.05) is 11.2 Å². The Morgan fingerprint density at radius 2 is 1.88 bits per heavy atom. The molecule has 2 N–H and O–H groups in total. The second-order valence-corrected chi connectivity index (χ2v) is 7.64. The molecule has 5 heterocycles. The van der Waals surface area contributed by atoms with Crippen molar-refractivity contribution in [2.45, 2.75) is 12.0 Å². The van der Waals surface area contributed by atoms with E-state index in [1.54, 1.807) is 37.8 Å². The molecule has 0 bridgehead atoms. The van der Waals surface area contributed by atoms with Crippen molar-refractivity contribution < 1.29 is 14.4 Å². The van der Waals surface area contributed by atoms with Crippen LogP contribution >= 0.6 is 0 Å². The van der Waals surface area contributed by atoms with E-state index in [2.05, 4.69) is 30.4 Å². The summed E-state index contributed by atoms with van der Waals surface area (Å²) in [5.41, 5.74) is 0.455. The van der Waals surface area contributed by atoms with Crippen molar-refractivity contribution in [1.29, 1.82) is 0 Å². The zero-order chi connectivity index (χ0) is 22.3. The van der Waals surface area contributed by atoms with Crippen molar-refractivity contribution in [3.63, 3.8) is 0 Å². The topological polar surface area (TPSA) is 135 Å². The van der Waals surface area contributed by atoms with E-state index in [1.165, 1.54) is 4.90 Å². The average Bonchev–Trinajstić information content (AvgIpc) is 3.52. The highest BCUT2D eigenvalue weighted by atomic mass is 16.5. The Bertz CT molecular complexity index is 1300. The van der Waals surface area contributed by atoms with Gasteiger partial charge in [-0.05, 0) is 18.2 Å². The summed E-state index contributed by atoms with van der Waals surface area (Å²) in [6.45, 7) is 0.446. The molecular weight excluding hydrogens is 412 g/mol. The number of likely N-dealkylation sites (tertiary alicyclic amines) is 1. The highest BCUT2D eigenvalue weighted by Crippen LogP contribution is 2.34. The Labute approximate surface area is 182 Å². The largest absolute Gasteiger partial charge is 0.373 e. The maximum atomic E-state index is 12.3. The van der Waals surface area contributed by atoms with E-state index in [9.17, 15) is 9.90 Å². The molecule has 1 fully saturated rings. The van der Waals surface area contributed by atoms with Gasteiger partial charge in [0.15, 0.2) is 11.6 Å². The quantitative estimate of drug-likeness (QED) is 0.483. The van der Waals surface area contributed by atoms with Crippen LogP contribution in [0, 0.1) is 0 Å². The number of imidazole rings is 1. The Balaban J connectivity index is 1.42. The third-order valence-electron chi connectivity index (χ3n) is 5.30. The molecule has 162 valence electrons. The molecule has 32 heavy (non-hydrogen) atoms. The fourth-order valence-electron chi connectivity index (χ4n) is 3.55. The molecule has 1 amide bonds. The molecule has 5 rings (SSSR count). The summed E-state index contributed by atoms with van der Waals surface area (Å²) in [7, 11) is 3.51. The van der Waals surface area contributed by atoms with Crippen LogP contribution in [-0.4, -0.2) is 59.2 Å². The highest BCUT2D eigenvalue weighted by molar-refractivity contribution is 5.87. The Hall–Kier alpha value is -4.12. The number of carbonyl (C=O) groups excluding carboxylic acids is 1. The molecule has 1 aliphatic heterocycles. The third kappa shape index (κ3) is 3.48. The van der Waals surface area contributed by atoms with Crippen molar-refractivity contribution in [2.75, 3.05) is 18.9 Å². The lowest BCUT2D eigenvalue weighted by Crippen LogP contribution is -2.35. The van der Waals surface area contributed by atoms with Crippen LogP contribution in [0.1, 0.15) is 12.2 Å². The number of likely N-dealkylation sites (N-methyl/N-ethyl adjacent to an activating group) is 1. The predicted octanol–water partition coefficient (Wildman–Crippen LogP) is 1.72. The number of aryl methyl sites for hydroxylation is 1. The number of pyridine rings is 1. The number of rotatable bonds is 5. The summed E-state index contributed by atoms with van der Waals surface area (Å²) >= 11 is 0. The summed E-state index contributed by atoms with van der Waals surface area (Å²) < 4.78 is 7.14. The molecule has 0 spiro atoms. The first-order chi connectivity index (χ1) is 15.4. The standard InChI is InChI=1S/C21H20N8O3/c1-28-11-18(23-12-28)26-20-22-8-6-15(25-20)13-4-3-5-14(24-13)16-10-17(32-27-16)21(31)7-9-29(2)19(21)30/h3-6,8,10-12,31H,7,9H2,1-2H3,(H,22,25,26). The van der Waals surface area contributed by atoms with Crippen molar-refractivity contribution in [1.82, 2.24) is 34.6 Å². The lowest BCUT2D eigenvalue weighted by Gasteiger charge is -2.16. The summed E-state index contributed by atoms with van der Waals surface area (Å²) in [4.78, 5) is 31.4. The van der Waals surface area contributed by atoms with Gasteiger partial charge in [-0.25, -0.2) is 19.9 Å². The first-order valence-electron chi connectivity index (χ1n) is 9.93. The molecule has 1 saturated heterocycles. The Morgan fingerprint density at radius 1 is 1.09 bits per heavy atom. The zero-order valence-electron chi connectivity index (χ0n) is 17.4. The first kappa shape index (κ1) is 19.8. The molecule has 0 saturated carbocycles. The molecule has 0 aliphatic carbocycles. The van der Waals surface area contributed by atoms with Gasteiger partial charge in [-0.2, -0.15) is 0 Å². The molecule has 0 radical (unpaired) electrons. The highest BCUT2D eigenvalue weighted by Gasteiger charge is 2.48. The number of carbonyl (C=O) groups is 1. The molecular formula is C21H20N8O3. The van der Waals surface area contributed by atoms with Crippen LogP contribution in [-0.2, 0) is 17.4 Å². The number of hydrogen-bond acceptors (Lipinski definition) is 9. The number of aliphatic hydroxyl groups is 1. The molecule has 4 aromatic rings. The van der Waals surface area contributed by atoms with E-state index in [0.717, 1.165) is 0 Å². The Morgan fingerprint density at radius 3 is 2.59 bits per heavy atom. The number of anilines is 2. The smallest absolute Gasteiger partial charge is 0.262 e. The van der Waals surface area contributed by atoms with E-state index < -0.39 is 11.5 Å². The van der Waals surface area contributed by atoms with Crippen molar-refractivity contribution in [2.24, 2.45) is 7.05 Å². The molecule has 1 aliphatic rings. The van der Waals surface area contributed by atoms with Crippen molar-refractivity contribution >= 4 is 17.7 Å². The van der Waals surface area contributed by atoms with E-state index in [-0.39, 0.29) is 12.2 Å². The van der Waals surface area contributed by atoms with Gasteiger partial charge >= 0.3 is 0 Å². The fourth-order valence-corrected chi connectivity index (χ4v) is 3.55. The molecule has 11 nitrogen and oxygen atoms in total. The number of hydrogen-bond donors (Lipinski definition) is 2. The maximum Gasteiger partial charge on any atom is 0.262 e. The van der Waals surface area contributed by atoms with Crippen LogP contribution in [0.15, 0.2) is 53.6 Å². The molecule has 4 aromatic heterocycles. The lowest BCUT2D eigenvalue weighted by atomic mass is 9.98. The van der Waals surface area contributed by atoms with E-state index in [1.807, 2.05) is 29.9 Å². The molecule has 1 unspecified atom stereocenters. The SMILES string of the molecule is CN1CCC(O)(c2cc(-c3cccc(-c4ccnc(Nc5cn(C)cn5)n4)n3)no2)C1=O. The minimum atomic E-state index is -1.70. The molecule has 1 atom stereocenters. The summed E-state index contributed by atoms with van der Waals surface area (Å²) in [5.74, 6) is 0.725. The van der Waals surface area contributed by atoms with Gasteiger partial charge in [0.1, 0.15) is 5.69 Å². The van der Waals surface area contributed by atoms with E-state index >= 15 is 0 Å². The van der Waals surface area contributed by atoms with Gasteiger partial charge in [0.05, 0.1) is 23.4 Å². The van der Waals surface area contributed by atoms with Gasteiger partial charge in [-0.15, -0.1) is 0 Å². The van der Waals surface area contributed by atoms with E-state index in [4.69, 9.17) is 4.52 Å². The van der Waals surface area contributed by atoms with Crippen molar-refractivity contribution in [3.8, 4) is 22.8 Å². The number of amides is 1. The molecule has 0 aromatic carbocycles. The van der Waals surface area contributed by atoms with Gasteiger partial charge in [0.25, 0.3) is 5.91 Å². The predicted molar refractivity (Wildman–Crippen MR) is 113 cm³/mol. The fraction of sp³-hybridized carbons (Fsp3) is 0.238. The van der Waals surface area contributed by atoms with Crippen LogP contribution in [0.25, 0.3) is 22.8 Å². The van der Waals surface area contributed by atoms with Crippen LogP contribution in [0.4, 0.5) is 11.8 Å². The summed E-state index contributed by atoms with van der Waals surface area (Å²) in [6, 6.07) is 8.71. The van der Waals surface area contributed by atoms with Gasteiger partial charge in [-0.3, -0.25) is 4.79 Å². The van der Waals surface area contributed by atoms with E-state index in [0.29, 0.717) is 41.1 Å². The minimum absolute atomic E-state index is 0.109. The maximum absolute atomic E-state index is 12.3. The second kappa shape index (κ2) is 7.54.